The van der Waals surface area contributed by atoms with Crippen LogP contribution in [0, 0.1) is 10.1 Å². The molecule has 0 radical (unpaired) electrons. The van der Waals surface area contributed by atoms with Crippen LogP contribution in [-0.4, -0.2) is 31.8 Å². The van der Waals surface area contributed by atoms with Gasteiger partial charge in [0.05, 0.1) is 18.0 Å². The molecule has 1 amide bonds. The van der Waals surface area contributed by atoms with Crippen LogP contribution in [0.3, 0.4) is 0 Å². The van der Waals surface area contributed by atoms with Gasteiger partial charge in [0, 0.05) is 29.7 Å². The summed E-state index contributed by atoms with van der Waals surface area (Å²) in [5, 5.41) is 19.4. The number of furan rings is 1. The smallest absolute Gasteiger partial charge is 0.399 e. The maximum absolute atomic E-state index is 12.1. The van der Waals surface area contributed by atoms with Gasteiger partial charge >= 0.3 is 5.88 Å². The fraction of sp³-hybridized carbons (Fsp3) is 0. The molecule has 0 fully saturated rings. The number of para-hydroxylation sites is 1. The number of hydrazone groups is 1. The van der Waals surface area contributed by atoms with E-state index in [1.165, 1.54) is 30.7 Å². The molecular formula is C20H14N6O4. The van der Waals surface area contributed by atoms with Gasteiger partial charge in [-0.05, 0) is 30.3 Å². The van der Waals surface area contributed by atoms with Crippen molar-refractivity contribution in [3.63, 3.8) is 0 Å². The number of nitrogens with zero attached hydrogens (tertiary/aromatic N) is 5. The molecule has 1 aromatic carbocycles. The summed E-state index contributed by atoms with van der Waals surface area (Å²) in [6.45, 7) is 0. The van der Waals surface area contributed by atoms with Crippen LogP contribution in [0.1, 0.15) is 15.9 Å². The van der Waals surface area contributed by atoms with Crippen LogP contribution in [0.5, 0.6) is 0 Å². The summed E-state index contributed by atoms with van der Waals surface area (Å²) in [6, 6.07) is 15.1. The second-order valence-electron chi connectivity index (χ2n) is 6.04. The molecule has 148 valence electrons. The number of aromatic nitrogens is 3. The van der Waals surface area contributed by atoms with Crippen LogP contribution in [0.25, 0.3) is 17.1 Å². The van der Waals surface area contributed by atoms with Gasteiger partial charge in [0.1, 0.15) is 10.6 Å². The van der Waals surface area contributed by atoms with Crippen molar-refractivity contribution in [2.75, 3.05) is 0 Å². The van der Waals surface area contributed by atoms with E-state index in [1.54, 1.807) is 23.0 Å². The fourth-order valence-electron chi connectivity index (χ4n) is 2.67. The first-order valence-electron chi connectivity index (χ1n) is 8.75. The van der Waals surface area contributed by atoms with Gasteiger partial charge in [-0.1, -0.05) is 18.2 Å². The number of amides is 1. The summed E-state index contributed by atoms with van der Waals surface area (Å²) in [6.07, 6.45) is 6.09. The van der Waals surface area contributed by atoms with Crippen LogP contribution in [-0.2, 0) is 0 Å². The van der Waals surface area contributed by atoms with Crippen molar-refractivity contribution in [2.45, 2.75) is 0 Å². The molecule has 0 bridgehead atoms. The molecule has 4 aromatic rings. The van der Waals surface area contributed by atoms with Crippen LogP contribution in [0.4, 0.5) is 5.88 Å². The lowest BCUT2D eigenvalue weighted by molar-refractivity contribution is -0.401. The zero-order chi connectivity index (χ0) is 20.9. The number of carbonyl (C=O) groups excluding carboxylic acids is 1. The van der Waals surface area contributed by atoms with Crippen molar-refractivity contribution in [1.29, 1.82) is 0 Å². The van der Waals surface area contributed by atoms with Gasteiger partial charge in [0.2, 0.25) is 0 Å². The molecule has 1 N–H and O–H groups in total. The Hall–Kier alpha value is -4.60. The average molecular weight is 402 g/mol. The van der Waals surface area contributed by atoms with Gasteiger partial charge in [-0.2, -0.15) is 10.2 Å². The topological polar surface area (TPSA) is 128 Å². The molecule has 30 heavy (non-hydrogen) atoms. The van der Waals surface area contributed by atoms with Crippen molar-refractivity contribution < 1.29 is 14.1 Å². The Labute approximate surface area is 169 Å². The van der Waals surface area contributed by atoms with Crippen molar-refractivity contribution in [3.05, 3.63) is 94.4 Å². The Kier molecular flexibility index (Phi) is 5.12. The molecule has 0 unspecified atom stereocenters. The predicted molar refractivity (Wildman–Crippen MR) is 107 cm³/mol. The first-order valence-corrected chi connectivity index (χ1v) is 8.75. The van der Waals surface area contributed by atoms with Gasteiger partial charge in [0.15, 0.2) is 5.76 Å². The van der Waals surface area contributed by atoms with Gasteiger partial charge in [-0.15, -0.1) is 0 Å². The highest BCUT2D eigenvalue weighted by molar-refractivity contribution is 5.95. The first-order chi connectivity index (χ1) is 14.6. The molecule has 3 aromatic heterocycles. The minimum absolute atomic E-state index is 0.207. The largest absolute Gasteiger partial charge is 0.433 e. The molecule has 0 aliphatic rings. The van der Waals surface area contributed by atoms with E-state index in [2.05, 4.69) is 20.6 Å². The van der Waals surface area contributed by atoms with E-state index in [1.807, 2.05) is 30.3 Å². The number of benzene rings is 1. The lowest BCUT2D eigenvalue weighted by atomic mass is 10.2. The summed E-state index contributed by atoms with van der Waals surface area (Å²) in [4.78, 5) is 26.3. The van der Waals surface area contributed by atoms with E-state index < -0.39 is 16.7 Å². The molecule has 10 nitrogen and oxygen atoms in total. The minimum Gasteiger partial charge on any atom is -0.399 e. The Morgan fingerprint density at radius 1 is 1.13 bits per heavy atom. The highest BCUT2D eigenvalue weighted by Gasteiger charge is 2.19. The van der Waals surface area contributed by atoms with Gasteiger partial charge in [-0.25, -0.2) is 10.1 Å². The summed E-state index contributed by atoms with van der Waals surface area (Å²) in [5.74, 6) is -0.592. The van der Waals surface area contributed by atoms with E-state index in [9.17, 15) is 14.9 Å². The van der Waals surface area contributed by atoms with Crippen LogP contribution in [0.2, 0.25) is 0 Å². The van der Waals surface area contributed by atoms with Crippen molar-refractivity contribution >= 4 is 18.0 Å². The minimum atomic E-state index is -0.625. The van der Waals surface area contributed by atoms with Crippen LogP contribution >= 0.6 is 0 Å². The standard InChI is InChI=1S/C20H14N6O4/c27-20(14-8-10-21-11-9-14)23-22-12-15-13-25(16-4-2-1-3-5-16)24-19(15)17-6-7-18(30-17)26(28)29/h1-13H,(H,23,27). The van der Waals surface area contributed by atoms with Gasteiger partial charge < -0.3 is 4.42 Å². The number of nitro groups is 1. The van der Waals surface area contributed by atoms with Crippen LogP contribution < -0.4 is 5.43 Å². The molecule has 0 aliphatic carbocycles. The number of hydrogen-bond acceptors (Lipinski definition) is 7. The van der Waals surface area contributed by atoms with Crippen molar-refractivity contribution in [1.82, 2.24) is 20.2 Å². The van der Waals surface area contributed by atoms with Gasteiger partial charge in [-0.3, -0.25) is 19.9 Å². The molecule has 10 heteroatoms. The first kappa shape index (κ1) is 18.7. The molecule has 0 aliphatic heterocycles. The van der Waals surface area contributed by atoms with E-state index in [-0.39, 0.29) is 5.76 Å². The molecule has 3 heterocycles. The maximum atomic E-state index is 12.1. The molecule has 0 spiro atoms. The number of rotatable bonds is 6. The van der Waals surface area contributed by atoms with E-state index in [0.29, 0.717) is 16.8 Å². The number of pyridine rings is 1. The Bertz CT molecular complexity index is 1210. The van der Waals surface area contributed by atoms with Crippen molar-refractivity contribution in [2.24, 2.45) is 5.10 Å². The van der Waals surface area contributed by atoms with E-state index >= 15 is 0 Å². The third-order valence-electron chi connectivity index (χ3n) is 4.08. The highest BCUT2D eigenvalue weighted by atomic mass is 16.6. The summed E-state index contributed by atoms with van der Waals surface area (Å²) < 4.78 is 6.88. The molecule has 0 atom stereocenters. The third kappa shape index (κ3) is 3.97. The predicted octanol–water partition coefficient (Wildman–Crippen LogP) is 3.20. The second kappa shape index (κ2) is 8.19. The SMILES string of the molecule is O=C(NN=Cc1cn(-c2ccccc2)nc1-c1ccc([N+](=O)[O-])o1)c1ccncc1. The number of hydrogen-bond donors (Lipinski definition) is 1. The van der Waals surface area contributed by atoms with E-state index in [4.69, 9.17) is 4.42 Å². The number of nitrogens with one attached hydrogen (secondary N) is 1. The van der Waals surface area contributed by atoms with Crippen molar-refractivity contribution in [3.8, 4) is 17.1 Å². The Balaban J connectivity index is 1.65. The summed E-state index contributed by atoms with van der Waals surface area (Å²) >= 11 is 0. The highest BCUT2D eigenvalue weighted by Crippen LogP contribution is 2.27. The third-order valence-corrected chi connectivity index (χ3v) is 4.08. The van der Waals surface area contributed by atoms with E-state index in [0.717, 1.165) is 5.69 Å². The molecule has 0 saturated carbocycles. The number of carbonyl (C=O) groups is 1. The Morgan fingerprint density at radius 2 is 1.90 bits per heavy atom. The zero-order valence-electron chi connectivity index (χ0n) is 15.4. The lowest BCUT2D eigenvalue weighted by Crippen LogP contribution is -2.17. The monoisotopic (exact) mass is 402 g/mol. The Morgan fingerprint density at radius 3 is 2.60 bits per heavy atom. The van der Waals surface area contributed by atoms with Crippen LogP contribution in [0.15, 0.2) is 82.7 Å². The molecular weight excluding hydrogens is 388 g/mol. The quantitative estimate of drug-likeness (QED) is 0.300. The lowest BCUT2D eigenvalue weighted by Gasteiger charge is -1.98. The molecule has 0 saturated heterocycles. The average Bonchev–Trinajstić information content (AvgIpc) is 3.42. The summed E-state index contributed by atoms with van der Waals surface area (Å²) in [7, 11) is 0. The normalized spacial score (nSPS) is 10.9. The summed E-state index contributed by atoms with van der Waals surface area (Å²) in [5.41, 5.74) is 4.45. The fourth-order valence-corrected chi connectivity index (χ4v) is 2.67. The van der Waals surface area contributed by atoms with Gasteiger partial charge in [0.25, 0.3) is 5.91 Å². The maximum Gasteiger partial charge on any atom is 0.433 e. The molecule has 4 rings (SSSR count). The zero-order valence-corrected chi connectivity index (χ0v) is 15.4. The second-order valence-corrected chi connectivity index (χ2v) is 6.04.